The number of nitrogens with zero attached hydrogens (tertiary/aromatic N) is 1. The van der Waals surface area contributed by atoms with Gasteiger partial charge in [0.2, 0.25) is 0 Å². The summed E-state index contributed by atoms with van der Waals surface area (Å²) in [6, 6.07) is 5.08. The van der Waals surface area contributed by atoms with E-state index in [1.54, 1.807) is 12.1 Å². The number of aliphatic carboxylic acids is 1. The Morgan fingerprint density at radius 2 is 2.10 bits per heavy atom. The van der Waals surface area contributed by atoms with E-state index >= 15 is 0 Å². The van der Waals surface area contributed by atoms with Crippen LogP contribution in [0.15, 0.2) is 18.2 Å². The third-order valence-corrected chi connectivity index (χ3v) is 3.69. The van der Waals surface area contributed by atoms with Crippen LogP contribution in [-0.4, -0.2) is 15.6 Å². The quantitative estimate of drug-likeness (QED) is 0.919. The summed E-state index contributed by atoms with van der Waals surface area (Å²) >= 11 is 0. The van der Waals surface area contributed by atoms with Crippen LogP contribution < -0.4 is 0 Å². The van der Waals surface area contributed by atoms with Crippen LogP contribution in [0.4, 0.5) is 13.2 Å². The van der Waals surface area contributed by atoms with Crippen LogP contribution in [0.5, 0.6) is 0 Å². The van der Waals surface area contributed by atoms with Crippen molar-refractivity contribution in [3.05, 3.63) is 35.0 Å². The van der Waals surface area contributed by atoms with Gasteiger partial charge in [0, 0.05) is 17.5 Å². The number of halogens is 3. The van der Waals surface area contributed by atoms with Crippen LogP contribution in [0.25, 0.3) is 10.9 Å². The maximum absolute atomic E-state index is 13.3. The van der Waals surface area contributed by atoms with Gasteiger partial charge in [-0.1, -0.05) is 18.2 Å². The van der Waals surface area contributed by atoms with Crippen molar-refractivity contribution in [1.82, 2.24) is 4.57 Å². The number of alkyl halides is 3. The summed E-state index contributed by atoms with van der Waals surface area (Å²) in [4.78, 5) is 10.9. The average Bonchev–Trinajstić information content (AvgIpc) is 2.65. The van der Waals surface area contributed by atoms with E-state index in [1.165, 1.54) is 4.57 Å². The number of aromatic nitrogens is 1. The van der Waals surface area contributed by atoms with Crippen molar-refractivity contribution >= 4 is 16.9 Å². The van der Waals surface area contributed by atoms with Crippen molar-refractivity contribution in [3.8, 4) is 0 Å². The summed E-state index contributed by atoms with van der Waals surface area (Å²) in [7, 11) is 0. The lowest BCUT2D eigenvalue weighted by Gasteiger charge is -2.19. The van der Waals surface area contributed by atoms with Crippen molar-refractivity contribution in [2.24, 2.45) is 0 Å². The first-order valence-corrected chi connectivity index (χ1v) is 6.31. The molecular formula is C14H12F3NO2. The first-order chi connectivity index (χ1) is 9.39. The molecule has 1 aliphatic rings. The van der Waals surface area contributed by atoms with Gasteiger partial charge in [0.05, 0.1) is 11.9 Å². The monoisotopic (exact) mass is 283 g/mol. The van der Waals surface area contributed by atoms with E-state index in [0.717, 1.165) is 12.0 Å². The molecule has 20 heavy (non-hydrogen) atoms. The Morgan fingerprint density at radius 3 is 2.75 bits per heavy atom. The maximum atomic E-state index is 13.3. The molecule has 0 saturated heterocycles. The highest BCUT2D eigenvalue weighted by Gasteiger charge is 2.40. The molecule has 1 N–H and O–H groups in total. The van der Waals surface area contributed by atoms with Crippen molar-refractivity contribution in [3.63, 3.8) is 0 Å². The lowest BCUT2D eigenvalue weighted by molar-refractivity contribution is -0.144. The molecule has 6 heteroatoms. The molecule has 1 aromatic heterocycles. The second-order valence-corrected chi connectivity index (χ2v) is 4.96. The Bertz CT molecular complexity index is 700. The van der Waals surface area contributed by atoms with E-state index in [-0.39, 0.29) is 12.1 Å². The number of rotatable bonds is 2. The molecule has 1 aliphatic heterocycles. The summed E-state index contributed by atoms with van der Waals surface area (Å²) < 4.78 is 41.2. The zero-order valence-electron chi connectivity index (χ0n) is 10.5. The first kappa shape index (κ1) is 13.0. The average molecular weight is 283 g/mol. The SMILES string of the molecule is O=C(O)Cc1c(C(F)(F)F)n2c3c(cccc13)CCC2. The molecule has 3 rings (SSSR count). The number of carboxylic acid groups (broad SMARTS) is 1. The van der Waals surface area contributed by atoms with Crippen LogP contribution in [0.2, 0.25) is 0 Å². The lowest BCUT2D eigenvalue weighted by atomic mass is 10.0. The molecule has 3 nitrogen and oxygen atoms in total. The zero-order chi connectivity index (χ0) is 14.5. The minimum Gasteiger partial charge on any atom is -0.481 e. The molecule has 0 unspecified atom stereocenters. The van der Waals surface area contributed by atoms with Crippen molar-refractivity contribution in [2.45, 2.75) is 32.0 Å². The molecule has 106 valence electrons. The van der Waals surface area contributed by atoms with Gasteiger partial charge in [-0.05, 0) is 18.4 Å². The Morgan fingerprint density at radius 1 is 1.35 bits per heavy atom. The van der Waals surface area contributed by atoms with Gasteiger partial charge in [0.15, 0.2) is 0 Å². The fourth-order valence-electron chi connectivity index (χ4n) is 3.06. The van der Waals surface area contributed by atoms with E-state index < -0.39 is 24.3 Å². The summed E-state index contributed by atoms with van der Waals surface area (Å²) in [5, 5.41) is 9.32. The van der Waals surface area contributed by atoms with Crippen LogP contribution in [0.1, 0.15) is 23.2 Å². The van der Waals surface area contributed by atoms with Crippen LogP contribution in [-0.2, 0) is 30.4 Å². The number of aryl methyl sites for hydroxylation is 2. The minimum atomic E-state index is -4.54. The number of benzene rings is 1. The molecule has 0 bridgehead atoms. The molecule has 1 aromatic carbocycles. The second-order valence-electron chi connectivity index (χ2n) is 4.96. The zero-order valence-corrected chi connectivity index (χ0v) is 10.5. The number of carboxylic acids is 1. The molecule has 0 amide bonds. The topological polar surface area (TPSA) is 42.2 Å². The summed E-state index contributed by atoms with van der Waals surface area (Å²) in [5.74, 6) is -1.25. The minimum absolute atomic E-state index is 0.122. The van der Waals surface area contributed by atoms with Gasteiger partial charge in [-0.15, -0.1) is 0 Å². The van der Waals surface area contributed by atoms with Gasteiger partial charge < -0.3 is 9.67 Å². The summed E-state index contributed by atoms with van der Waals surface area (Å²) in [5.41, 5.74) is 0.476. The van der Waals surface area contributed by atoms with E-state index in [9.17, 15) is 18.0 Å². The highest BCUT2D eigenvalue weighted by atomic mass is 19.4. The van der Waals surface area contributed by atoms with Crippen LogP contribution in [0.3, 0.4) is 0 Å². The number of hydrogen-bond acceptors (Lipinski definition) is 1. The molecule has 0 radical (unpaired) electrons. The predicted molar refractivity (Wildman–Crippen MR) is 66.6 cm³/mol. The maximum Gasteiger partial charge on any atom is 0.431 e. The molecule has 2 aromatic rings. The molecular weight excluding hydrogens is 271 g/mol. The van der Waals surface area contributed by atoms with Crippen LogP contribution in [0, 0.1) is 0 Å². The Labute approximate surface area is 112 Å². The van der Waals surface area contributed by atoms with E-state index in [0.29, 0.717) is 17.3 Å². The standard InChI is InChI=1S/C14H12F3NO2/c15-14(16,17)13-10(7-11(19)20)9-5-1-3-8-4-2-6-18(13)12(8)9/h1,3,5H,2,4,6-7H2,(H,19,20). The summed E-state index contributed by atoms with van der Waals surface area (Å²) in [6.07, 6.45) is -3.79. The van der Waals surface area contributed by atoms with Gasteiger partial charge >= 0.3 is 12.1 Å². The van der Waals surface area contributed by atoms with Crippen molar-refractivity contribution in [1.29, 1.82) is 0 Å². The number of carbonyl (C=O) groups is 1. The normalized spacial score (nSPS) is 14.8. The molecule has 0 saturated carbocycles. The van der Waals surface area contributed by atoms with E-state index in [2.05, 4.69) is 0 Å². The van der Waals surface area contributed by atoms with Gasteiger partial charge in [-0.3, -0.25) is 4.79 Å². The fourth-order valence-corrected chi connectivity index (χ4v) is 3.06. The van der Waals surface area contributed by atoms with Crippen molar-refractivity contribution in [2.75, 3.05) is 0 Å². The first-order valence-electron chi connectivity index (χ1n) is 6.31. The highest BCUT2D eigenvalue weighted by Crippen LogP contribution is 2.41. The molecule has 0 aliphatic carbocycles. The second kappa shape index (κ2) is 4.26. The largest absolute Gasteiger partial charge is 0.481 e. The fraction of sp³-hybridized carbons (Fsp3) is 0.357. The third-order valence-electron chi connectivity index (χ3n) is 3.69. The Hall–Kier alpha value is -1.98. The number of hydrogen-bond donors (Lipinski definition) is 1. The molecule has 0 atom stereocenters. The molecule has 0 fully saturated rings. The van der Waals surface area contributed by atoms with E-state index in [1.807, 2.05) is 6.07 Å². The Kier molecular flexibility index (Phi) is 2.77. The summed E-state index contributed by atoms with van der Waals surface area (Å²) in [6.45, 7) is 0.280. The van der Waals surface area contributed by atoms with Gasteiger partial charge in [-0.25, -0.2) is 0 Å². The molecule has 2 heterocycles. The smallest absolute Gasteiger partial charge is 0.431 e. The Balaban J connectivity index is 2.40. The van der Waals surface area contributed by atoms with Gasteiger partial charge in [-0.2, -0.15) is 13.2 Å². The van der Waals surface area contributed by atoms with Gasteiger partial charge in [0.1, 0.15) is 5.69 Å². The molecule has 0 spiro atoms. The number of para-hydroxylation sites is 1. The van der Waals surface area contributed by atoms with Crippen LogP contribution >= 0.6 is 0 Å². The van der Waals surface area contributed by atoms with Gasteiger partial charge in [0.25, 0.3) is 0 Å². The lowest BCUT2D eigenvalue weighted by Crippen LogP contribution is -2.19. The third kappa shape index (κ3) is 1.87. The van der Waals surface area contributed by atoms with Crippen molar-refractivity contribution < 1.29 is 23.1 Å². The highest BCUT2D eigenvalue weighted by molar-refractivity contribution is 5.91. The predicted octanol–water partition coefficient (Wildman–Crippen LogP) is 3.23. The van der Waals surface area contributed by atoms with E-state index in [4.69, 9.17) is 5.11 Å².